The fourth-order valence-electron chi connectivity index (χ4n) is 3.15. The maximum Gasteiger partial charge on any atom is 0.257 e. The number of hydrogen-bond donors (Lipinski definition) is 2. The number of carboxylic acids is 1. The van der Waals surface area contributed by atoms with E-state index in [2.05, 4.69) is 10.0 Å². The van der Waals surface area contributed by atoms with Crippen LogP contribution in [0, 0.1) is 6.92 Å². The molecule has 3 aromatic rings. The highest BCUT2D eigenvalue weighted by molar-refractivity contribution is 7.89. The number of benzene rings is 3. The Hall–Kier alpha value is -2.86. The molecule has 0 fully saturated rings. The minimum Gasteiger partial charge on any atom is -0.545 e. The molecule has 0 heterocycles. The molecule has 1 amide bonds. The first-order chi connectivity index (χ1) is 18.0. The van der Waals surface area contributed by atoms with Crippen molar-refractivity contribution in [3.8, 4) is 5.75 Å². The van der Waals surface area contributed by atoms with Gasteiger partial charge in [0.05, 0.1) is 40.4 Å². The molecule has 0 aliphatic rings. The molecule has 38 heavy (non-hydrogen) atoms. The number of aromatic carboxylic acids is 1. The van der Waals surface area contributed by atoms with E-state index in [-0.39, 0.29) is 58.8 Å². The Kier molecular flexibility index (Phi) is 10.4. The minimum atomic E-state index is -3.73. The minimum absolute atomic E-state index is 0.00763. The molecule has 0 radical (unpaired) electrons. The maximum atomic E-state index is 12.5. The van der Waals surface area contributed by atoms with Gasteiger partial charge >= 0.3 is 0 Å². The molecular weight excluding hydrogens is 579 g/mol. The van der Waals surface area contributed by atoms with Gasteiger partial charge in [0, 0.05) is 22.2 Å². The number of halogens is 3. The molecule has 3 aromatic carbocycles. The number of anilines is 1. The second-order valence-corrected chi connectivity index (χ2v) is 10.9. The number of carboxylic acid groups (broad SMARTS) is 1. The first kappa shape index (κ1) is 29.7. The molecule has 2 N–H and O–H groups in total. The van der Waals surface area contributed by atoms with Gasteiger partial charge < -0.3 is 24.7 Å². The van der Waals surface area contributed by atoms with Gasteiger partial charge in [-0.1, -0.05) is 40.9 Å². The average Bonchev–Trinajstić information content (AvgIpc) is 2.85. The van der Waals surface area contributed by atoms with Crippen LogP contribution in [0.5, 0.6) is 5.75 Å². The van der Waals surface area contributed by atoms with Crippen LogP contribution in [0.25, 0.3) is 0 Å². The Morgan fingerprint density at radius 3 is 2.34 bits per heavy atom. The molecule has 0 aromatic heterocycles. The summed E-state index contributed by atoms with van der Waals surface area (Å²) in [6, 6.07) is 12.8. The monoisotopic (exact) mass is 599 g/mol. The number of rotatable bonds is 12. The normalized spacial score (nSPS) is 11.3. The van der Waals surface area contributed by atoms with Gasteiger partial charge in [0.1, 0.15) is 12.4 Å². The summed E-state index contributed by atoms with van der Waals surface area (Å²) in [7, 11) is -3.73. The van der Waals surface area contributed by atoms with Crippen molar-refractivity contribution in [3.63, 3.8) is 0 Å². The van der Waals surface area contributed by atoms with Gasteiger partial charge in [-0.25, -0.2) is 13.1 Å². The molecular formula is C25H22Cl3N2O7S-. The fourth-order valence-corrected chi connectivity index (χ4v) is 4.93. The lowest BCUT2D eigenvalue weighted by Gasteiger charge is -2.15. The highest BCUT2D eigenvalue weighted by Crippen LogP contribution is 2.25. The van der Waals surface area contributed by atoms with Crippen LogP contribution in [0.3, 0.4) is 0 Å². The van der Waals surface area contributed by atoms with Crippen molar-refractivity contribution in [1.29, 1.82) is 0 Å². The van der Waals surface area contributed by atoms with Crippen LogP contribution in [0.1, 0.15) is 26.3 Å². The van der Waals surface area contributed by atoms with Crippen LogP contribution in [-0.4, -0.2) is 46.7 Å². The highest BCUT2D eigenvalue weighted by atomic mass is 35.5. The molecule has 9 nitrogen and oxygen atoms in total. The van der Waals surface area contributed by atoms with E-state index in [1.54, 1.807) is 13.0 Å². The zero-order chi connectivity index (χ0) is 27.9. The van der Waals surface area contributed by atoms with E-state index in [0.717, 1.165) is 5.56 Å². The van der Waals surface area contributed by atoms with Crippen LogP contribution in [0.2, 0.25) is 15.1 Å². The van der Waals surface area contributed by atoms with Gasteiger partial charge in [0.15, 0.2) is 0 Å². The second kappa shape index (κ2) is 13.3. The number of hydrogen-bond acceptors (Lipinski definition) is 7. The second-order valence-electron chi connectivity index (χ2n) is 7.84. The molecule has 0 unspecified atom stereocenters. The Labute approximate surface area is 234 Å². The first-order valence-corrected chi connectivity index (χ1v) is 13.7. The number of ether oxygens (including phenoxy) is 2. The number of carbonyl (C=O) groups excluding carboxylic acids is 2. The van der Waals surface area contributed by atoms with Gasteiger partial charge in [-0.15, -0.1) is 0 Å². The topological polar surface area (TPSA) is 134 Å². The lowest BCUT2D eigenvalue weighted by Crippen LogP contribution is -2.28. The Morgan fingerprint density at radius 1 is 0.895 bits per heavy atom. The molecule has 13 heteroatoms. The van der Waals surface area contributed by atoms with Crippen LogP contribution in [0.4, 0.5) is 5.69 Å². The molecule has 0 bridgehead atoms. The van der Waals surface area contributed by atoms with Crippen LogP contribution >= 0.6 is 34.8 Å². The molecule has 0 spiro atoms. The van der Waals surface area contributed by atoms with Crippen molar-refractivity contribution in [2.24, 2.45) is 0 Å². The quantitative estimate of drug-likeness (QED) is 0.301. The van der Waals surface area contributed by atoms with Gasteiger partial charge in [-0.3, -0.25) is 4.79 Å². The maximum absolute atomic E-state index is 12.5. The number of aryl methyl sites for hydroxylation is 1. The Morgan fingerprint density at radius 2 is 1.66 bits per heavy atom. The smallest absolute Gasteiger partial charge is 0.257 e. The summed E-state index contributed by atoms with van der Waals surface area (Å²) in [6.45, 7) is 2.03. The van der Waals surface area contributed by atoms with E-state index in [0.29, 0.717) is 10.0 Å². The van der Waals surface area contributed by atoms with E-state index in [9.17, 15) is 23.1 Å². The van der Waals surface area contributed by atoms with Crippen molar-refractivity contribution in [2.75, 3.05) is 31.7 Å². The number of amides is 1. The summed E-state index contributed by atoms with van der Waals surface area (Å²) in [5, 5.41) is 14.9. The first-order valence-electron chi connectivity index (χ1n) is 11.1. The Balaban J connectivity index is 1.48. The largest absolute Gasteiger partial charge is 0.545 e. The van der Waals surface area contributed by atoms with Crippen LogP contribution < -0.4 is 19.9 Å². The lowest BCUT2D eigenvalue weighted by atomic mass is 10.1. The van der Waals surface area contributed by atoms with Gasteiger partial charge in [0.25, 0.3) is 5.91 Å². The molecule has 0 aliphatic heterocycles. The highest BCUT2D eigenvalue weighted by Gasteiger charge is 2.15. The molecule has 202 valence electrons. The van der Waals surface area contributed by atoms with E-state index >= 15 is 0 Å². The predicted octanol–water partition coefficient (Wildman–Crippen LogP) is 3.94. The molecule has 0 saturated carbocycles. The number of sulfonamides is 1. The van der Waals surface area contributed by atoms with Crippen molar-refractivity contribution >= 4 is 62.4 Å². The third-order valence-corrected chi connectivity index (χ3v) is 7.54. The number of carbonyl (C=O) groups is 2. The summed E-state index contributed by atoms with van der Waals surface area (Å²) in [4.78, 5) is 24.2. The van der Waals surface area contributed by atoms with Gasteiger partial charge in [-0.05, 0) is 61.0 Å². The van der Waals surface area contributed by atoms with Crippen LogP contribution in [0.15, 0.2) is 59.5 Å². The van der Waals surface area contributed by atoms with E-state index in [1.165, 1.54) is 48.5 Å². The van der Waals surface area contributed by atoms with Crippen molar-refractivity contribution in [3.05, 3.63) is 86.4 Å². The summed E-state index contributed by atoms with van der Waals surface area (Å²) in [6.07, 6.45) is 0. The standard InChI is InChI=1S/C25H23Cl3N2O7S/c1-15-2-5-18(14-21(15)27)38(34,35)29-8-9-36-10-11-37-17-4-7-23(20(13-17)25(32)33)30-24(31)19-6-3-16(26)12-22(19)28/h2-7,12-14,29H,8-11H2,1H3,(H,30,31)(H,32,33)/p-1. The third kappa shape index (κ3) is 8.07. The fraction of sp³-hybridized carbons (Fsp3) is 0.200. The summed E-state index contributed by atoms with van der Waals surface area (Å²) in [5.41, 5.74) is 0.574. The number of nitrogens with one attached hydrogen (secondary N) is 2. The molecule has 0 saturated heterocycles. The zero-order valence-electron chi connectivity index (χ0n) is 19.9. The van der Waals surface area contributed by atoms with Crippen molar-refractivity contribution < 1.29 is 32.6 Å². The SMILES string of the molecule is Cc1ccc(S(=O)(=O)NCCOCCOc2ccc(NC(=O)c3ccc(Cl)cc3Cl)c(C(=O)[O-])c2)cc1Cl. The predicted molar refractivity (Wildman–Crippen MR) is 143 cm³/mol. The molecule has 0 atom stereocenters. The Bertz CT molecular complexity index is 1450. The zero-order valence-corrected chi connectivity index (χ0v) is 23.0. The summed E-state index contributed by atoms with van der Waals surface area (Å²) < 4.78 is 37.9. The van der Waals surface area contributed by atoms with E-state index < -0.39 is 21.9 Å². The van der Waals surface area contributed by atoms with Crippen molar-refractivity contribution in [1.82, 2.24) is 4.72 Å². The van der Waals surface area contributed by atoms with Crippen LogP contribution in [-0.2, 0) is 14.8 Å². The average molecular weight is 601 g/mol. The van der Waals surface area contributed by atoms with E-state index in [4.69, 9.17) is 44.3 Å². The van der Waals surface area contributed by atoms with Gasteiger partial charge in [0.2, 0.25) is 10.0 Å². The third-order valence-electron chi connectivity index (χ3n) is 5.12. The lowest BCUT2D eigenvalue weighted by molar-refractivity contribution is -0.254. The molecule has 0 aliphatic carbocycles. The molecule has 3 rings (SSSR count). The summed E-state index contributed by atoms with van der Waals surface area (Å²) >= 11 is 17.9. The van der Waals surface area contributed by atoms with Gasteiger partial charge in [-0.2, -0.15) is 0 Å². The van der Waals surface area contributed by atoms with Crippen molar-refractivity contribution in [2.45, 2.75) is 11.8 Å². The summed E-state index contributed by atoms with van der Waals surface area (Å²) in [5.74, 6) is -1.95. The van der Waals surface area contributed by atoms with E-state index in [1.807, 2.05) is 0 Å².